The van der Waals surface area contributed by atoms with Crippen LogP contribution in [0.15, 0.2) is 18.2 Å². The van der Waals surface area contributed by atoms with E-state index in [4.69, 9.17) is 16.3 Å². The lowest BCUT2D eigenvalue weighted by Crippen LogP contribution is -2.00. The molecule has 1 aromatic rings. The lowest BCUT2D eigenvalue weighted by Gasteiger charge is -2.05. The summed E-state index contributed by atoms with van der Waals surface area (Å²) in [7, 11) is 0. The second-order valence-electron chi connectivity index (χ2n) is 2.61. The van der Waals surface area contributed by atoms with E-state index < -0.39 is 12.5 Å². The van der Waals surface area contributed by atoms with Crippen molar-refractivity contribution < 1.29 is 13.5 Å². The standard InChI is InChI=1S/C11H9ClF2O/c12-5-1-2-9-3-4-10(14)8-11(9)15-7-6-13/h3-4,8H,5-7H2. The molecular formula is C11H9ClF2O. The molecule has 0 aromatic heterocycles. The van der Waals surface area contributed by atoms with Crippen molar-refractivity contribution in [3.63, 3.8) is 0 Å². The van der Waals surface area contributed by atoms with Gasteiger partial charge in [-0.1, -0.05) is 11.8 Å². The Hall–Kier alpha value is -1.27. The van der Waals surface area contributed by atoms with Crippen molar-refractivity contribution in [1.82, 2.24) is 0 Å². The van der Waals surface area contributed by atoms with Gasteiger partial charge in [-0.25, -0.2) is 8.78 Å². The molecule has 0 amide bonds. The second-order valence-corrected chi connectivity index (χ2v) is 2.88. The molecule has 0 saturated heterocycles. The molecule has 0 radical (unpaired) electrons. The van der Waals surface area contributed by atoms with Crippen LogP contribution in [-0.4, -0.2) is 19.2 Å². The number of benzene rings is 1. The minimum absolute atomic E-state index is 0.112. The third-order valence-electron chi connectivity index (χ3n) is 1.57. The van der Waals surface area contributed by atoms with Crippen LogP contribution in [0.25, 0.3) is 0 Å². The lowest BCUT2D eigenvalue weighted by molar-refractivity contribution is 0.271. The van der Waals surface area contributed by atoms with E-state index in [-0.39, 0.29) is 18.2 Å². The highest BCUT2D eigenvalue weighted by molar-refractivity contribution is 6.19. The second kappa shape index (κ2) is 6.26. The lowest BCUT2D eigenvalue weighted by atomic mass is 10.2. The van der Waals surface area contributed by atoms with E-state index >= 15 is 0 Å². The van der Waals surface area contributed by atoms with Gasteiger partial charge in [-0.3, -0.25) is 0 Å². The van der Waals surface area contributed by atoms with Crippen LogP contribution in [0.4, 0.5) is 8.78 Å². The Morgan fingerprint density at radius 1 is 1.40 bits per heavy atom. The Kier molecular flexibility index (Phi) is 4.92. The number of alkyl halides is 2. The summed E-state index contributed by atoms with van der Waals surface area (Å²) in [6, 6.07) is 3.91. The van der Waals surface area contributed by atoms with Crippen LogP contribution in [0.2, 0.25) is 0 Å². The quantitative estimate of drug-likeness (QED) is 0.573. The molecule has 0 aliphatic rings. The Labute approximate surface area is 92.0 Å². The molecule has 0 bridgehead atoms. The largest absolute Gasteiger partial charge is 0.489 e. The van der Waals surface area contributed by atoms with Crippen molar-refractivity contribution in [3.8, 4) is 17.6 Å². The third kappa shape index (κ3) is 3.77. The highest BCUT2D eigenvalue weighted by Gasteiger charge is 2.03. The van der Waals surface area contributed by atoms with E-state index in [1.807, 2.05) is 0 Å². The summed E-state index contributed by atoms with van der Waals surface area (Å²) in [5.41, 5.74) is 0.505. The molecule has 1 aromatic carbocycles. The van der Waals surface area contributed by atoms with Crippen molar-refractivity contribution in [1.29, 1.82) is 0 Å². The van der Waals surface area contributed by atoms with Gasteiger partial charge in [0, 0.05) is 6.07 Å². The molecule has 0 saturated carbocycles. The SMILES string of the molecule is FCCOc1cc(F)ccc1C#CCCl. The first-order valence-corrected chi connectivity index (χ1v) is 4.84. The number of halogens is 3. The van der Waals surface area contributed by atoms with E-state index in [2.05, 4.69) is 11.8 Å². The van der Waals surface area contributed by atoms with Gasteiger partial charge in [0.25, 0.3) is 0 Å². The fourth-order valence-corrected chi connectivity index (χ4v) is 1.06. The Balaban J connectivity index is 2.92. The fraction of sp³-hybridized carbons (Fsp3) is 0.273. The zero-order valence-electron chi connectivity index (χ0n) is 7.90. The minimum atomic E-state index is -0.626. The maximum atomic E-state index is 12.8. The van der Waals surface area contributed by atoms with Crippen molar-refractivity contribution in [2.75, 3.05) is 19.2 Å². The maximum Gasteiger partial charge on any atom is 0.137 e. The molecule has 0 N–H and O–H groups in total. The first-order valence-electron chi connectivity index (χ1n) is 4.31. The normalized spacial score (nSPS) is 9.27. The maximum absolute atomic E-state index is 12.8. The topological polar surface area (TPSA) is 9.23 Å². The molecule has 0 spiro atoms. The van der Waals surface area contributed by atoms with Gasteiger partial charge in [0.2, 0.25) is 0 Å². The highest BCUT2D eigenvalue weighted by Crippen LogP contribution is 2.18. The summed E-state index contributed by atoms with van der Waals surface area (Å²) in [5.74, 6) is 5.30. The van der Waals surface area contributed by atoms with Crippen LogP contribution >= 0.6 is 11.6 Å². The van der Waals surface area contributed by atoms with E-state index in [0.29, 0.717) is 5.56 Å². The predicted molar refractivity (Wildman–Crippen MR) is 55.5 cm³/mol. The number of ether oxygens (including phenoxy) is 1. The Morgan fingerprint density at radius 3 is 2.87 bits per heavy atom. The van der Waals surface area contributed by atoms with Crippen molar-refractivity contribution >= 4 is 11.6 Å². The molecule has 0 aliphatic carbocycles. The Morgan fingerprint density at radius 2 is 2.20 bits per heavy atom. The predicted octanol–water partition coefficient (Wildman–Crippen LogP) is 2.76. The minimum Gasteiger partial charge on any atom is -0.489 e. The zero-order chi connectivity index (χ0) is 11.1. The molecule has 1 nitrogen and oxygen atoms in total. The molecule has 0 fully saturated rings. The van der Waals surface area contributed by atoms with Gasteiger partial charge < -0.3 is 4.74 Å². The van der Waals surface area contributed by atoms with Crippen LogP contribution in [0.3, 0.4) is 0 Å². The van der Waals surface area contributed by atoms with Crippen molar-refractivity contribution in [2.24, 2.45) is 0 Å². The number of rotatable bonds is 3. The molecular weight excluding hydrogens is 222 g/mol. The average Bonchev–Trinajstić information content (AvgIpc) is 2.25. The van der Waals surface area contributed by atoms with Gasteiger partial charge in [-0.2, -0.15) is 0 Å². The van der Waals surface area contributed by atoms with Crippen LogP contribution in [-0.2, 0) is 0 Å². The number of hydrogen-bond donors (Lipinski definition) is 0. The molecule has 0 unspecified atom stereocenters. The van der Waals surface area contributed by atoms with Gasteiger partial charge in [0.05, 0.1) is 11.4 Å². The molecule has 0 heterocycles. The smallest absolute Gasteiger partial charge is 0.137 e. The van der Waals surface area contributed by atoms with E-state index in [1.165, 1.54) is 18.2 Å². The summed E-state index contributed by atoms with van der Waals surface area (Å²) in [4.78, 5) is 0. The average molecular weight is 231 g/mol. The summed E-state index contributed by atoms with van der Waals surface area (Å²) in [6.07, 6.45) is 0. The van der Waals surface area contributed by atoms with E-state index in [0.717, 1.165) is 0 Å². The fourth-order valence-electron chi connectivity index (χ4n) is 0.996. The van der Waals surface area contributed by atoms with E-state index in [9.17, 15) is 8.78 Å². The number of hydrogen-bond acceptors (Lipinski definition) is 1. The van der Waals surface area contributed by atoms with Crippen LogP contribution in [0.1, 0.15) is 5.56 Å². The molecule has 15 heavy (non-hydrogen) atoms. The summed E-state index contributed by atoms with van der Waals surface area (Å²) in [6.45, 7) is -0.738. The van der Waals surface area contributed by atoms with Crippen molar-refractivity contribution in [2.45, 2.75) is 0 Å². The van der Waals surface area contributed by atoms with Crippen LogP contribution in [0, 0.1) is 17.7 Å². The third-order valence-corrected chi connectivity index (χ3v) is 1.70. The molecule has 1 rings (SSSR count). The molecule has 0 aliphatic heterocycles. The van der Waals surface area contributed by atoms with Gasteiger partial charge in [-0.05, 0) is 12.1 Å². The first kappa shape index (κ1) is 11.8. The first-order chi connectivity index (χ1) is 7.27. The van der Waals surface area contributed by atoms with E-state index in [1.54, 1.807) is 0 Å². The van der Waals surface area contributed by atoms with Gasteiger partial charge in [0.1, 0.15) is 24.8 Å². The summed E-state index contributed by atoms with van der Waals surface area (Å²) in [5, 5.41) is 0. The van der Waals surface area contributed by atoms with Gasteiger partial charge in [0.15, 0.2) is 0 Å². The van der Waals surface area contributed by atoms with Crippen LogP contribution in [0.5, 0.6) is 5.75 Å². The molecule has 4 heteroatoms. The van der Waals surface area contributed by atoms with Gasteiger partial charge in [-0.15, -0.1) is 11.6 Å². The summed E-state index contributed by atoms with van der Waals surface area (Å²) >= 11 is 5.39. The molecule has 80 valence electrons. The monoisotopic (exact) mass is 230 g/mol. The summed E-state index contributed by atoms with van der Waals surface area (Å²) < 4.78 is 29.7. The zero-order valence-corrected chi connectivity index (χ0v) is 8.65. The highest BCUT2D eigenvalue weighted by atomic mass is 35.5. The van der Waals surface area contributed by atoms with Crippen LogP contribution < -0.4 is 4.74 Å². The molecule has 0 atom stereocenters. The van der Waals surface area contributed by atoms with Crippen molar-refractivity contribution in [3.05, 3.63) is 29.6 Å². The Bertz CT molecular complexity index is 382. The van der Waals surface area contributed by atoms with Gasteiger partial charge >= 0.3 is 0 Å².